The Kier molecular flexibility index (Phi) is 9.53. The number of amides is 2. The number of halogens is 2. The summed E-state index contributed by atoms with van der Waals surface area (Å²) in [5.41, 5.74) is 2.03. The fourth-order valence-corrected chi connectivity index (χ4v) is 4.02. The molecule has 0 fully saturated rings. The second-order valence-electron chi connectivity index (χ2n) is 7.52. The molecule has 162 valence electrons. The number of hydrogen-bond donors (Lipinski definition) is 1. The van der Waals surface area contributed by atoms with Crippen LogP contribution in [-0.4, -0.2) is 34.6 Å². The molecule has 2 amide bonds. The number of carbonyl (C=O) groups is 2. The lowest BCUT2D eigenvalue weighted by molar-refractivity contribution is -0.140. The highest BCUT2D eigenvalue weighted by Gasteiger charge is 2.26. The minimum atomic E-state index is -0.598. The van der Waals surface area contributed by atoms with Crippen LogP contribution in [0.15, 0.2) is 47.4 Å². The van der Waals surface area contributed by atoms with Crippen molar-refractivity contribution in [3.05, 3.63) is 63.6 Å². The largest absolute Gasteiger partial charge is 0.352 e. The minimum absolute atomic E-state index is 0.000953. The van der Waals surface area contributed by atoms with E-state index in [1.807, 2.05) is 26.8 Å². The molecule has 1 unspecified atom stereocenters. The van der Waals surface area contributed by atoms with Crippen molar-refractivity contribution in [2.45, 2.75) is 57.6 Å². The molecule has 0 aliphatic carbocycles. The number of hydrogen-bond acceptors (Lipinski definition) is 3. The van der Waals surface area contributed by atoms with Crippen molar-refractivity contribution in [3.63, 3.8) is 0 Å². The number of carbonyl (C=O) groups excluding carboxylic acids is 2. The van der Waals surface area contributed by atoms with Gasteiger partial charge < -0.3 is 10.2 Å². The zero-order valence-electron chi connectivity index (χ0n) is 17.7. The number of benzene rings is 2. The Morgan fingerprint density at radius 2 is 1.70 bits per heavy atom. The van der Waals surface area contributed by atoms with Crippen molar-refractivity contribution in [1.82, 2.24) is 10.2 Å². The molecule has 0 saturated carbocycles. The molecule has 2 rings (SSSR count). The number of rotatable bonds is 9. The molecular weight excluding hydrogens is 439 g/mol. The normalized spacial score (nSPS) is 12.0. The Labute approximate surface area is 193 Å². The van der Waals surface area contributed by atoms with Gasteiger partial charge >= 0.3 is 0 Å². The summed E-state index contributed by atoms with van der Waals surface area (Å²) in [4.78, 5) is 28.4. The van der Waals surface area contributed by atoms with Crippen LogP contribution in [0.25, 0.3) is 0 Å². The molecule has 2 aromatic rings. The van der Waals surface area contributed by atoms with Gasteiger partial charge in [-0.25, -0.2) is 0 Å². The zero-order chi connectivity index (χ0) is 22.3. The van der Waals surface area contributed by atoms with Crippen LogP contribution < -0.4 is 5.32 Å². The van der Waals surface area contributed by atoms with E-state index in [0.29, 0.717) is 22.2 Å². The highest BCUT2D eigenvalue weighted by Crippen LogP contribution is 2.24. The van der Waals surface area contributed by atoms with Crippen LogP contribution >= 0.6 is 35.0 Å². The van der Waals surface area contributed by atoms with Crippen LogP contribution in [0.5, 0.6) is 0 Å². The predicted molar refractivity (Wildman–Crippen MR) is 126 cm³/mol. The molecule has 0 aromatic heterocycles. The standard InChI is InChI=1S/C23H28Cl2N2O2S/c1-15(2)26-23(29)17(4)27(14-18-7-10-20(24)21(25)13-18)22(28)11-12-30-19-8-5-16(3)6-9-19/h5-10,13,15,17H,11-12,14H2,1-4H3,(H,26,29). The summed E-state index contributed by atoms with van der Waals surface area (Å²) < 4.78 is 0. The summed E-state index contributed by atoms with van der Waals surface area (Å²) in [5.74, 6) is 0.384. The van der Waals surface area contributed by atoms with Crippen molar-refractivity contribution < 1.29 is 9.59 Å². The van der Waals surface area contributed by atoms with E-state index in [4.69, 9.17) is 23.2 Å². The molecule has 0 bridgehead atoms. The van der Waals surface area contributed by atoms with Gasteiger partial charge in [-0.2, -0.15) is 0 Å². The molecule has 1 atom stereocenters. The van der Waals surface area contributed by atoms with Gasteiger partial charge in [0.1, 0.15) is 6.04 Å². The van der Waals surface area contributed by atoms with Gasteiger partial charge in [0.15, 0.2) is 0 Å². The van der Waals surface area contributed by atoms with Crippen LogP contribution in [0.2, 0.25) is 10.0 Å². The number of aryl methyl sites for hydroxylation is 1. The third-order valence-electron chi connectivity index (χ3n) is 4.54. The van der Waals surface area contributed by atoms with Gasteiger partial charge in [0.2, 0.25) is 11.8 Å². The lowest BCUT2D eigenvalue weighted by Gasteiger charge is -2.29. The van der Waals surface area contributed by atoms with Crippen LogP contribution in [0.1, 0.15) is 38.3 Å². The molecule has 2 aromatic carbocycles. The first-order valence-electron chi connectivity index (χ1n) is 9.90. The number of thioether (sulfide) groups is 1. The van der Waals surface area contributed by atoms with E-state index in [9.17, 15) is 9.59 Å². The first-order valence-corrected chi connectivity index (χ1v) is 11.6. The minimum Gasteiger partial charge on any atom is -0.352 e. The van der Waals surface area contributed by atoms with Gasteiger partial charge in [-0.1, -0.05) is 47.0 Å². The third kappa shape index (κ3) is 7.53. The topological polar surface area (TPSA) is 49.4 Å². The second kappa shape index (κ2) is 11.6. The van der Waals surface area contributed by atoms with Crippen LogP contribution in [0.4, 0.5) is 0 Å². The van der Waals surface area contributed by atoms with Gasteiger partial charge in [-0.15, -0.1) is 11.8 Å². The average molecular weight is 467 g/mol. The first kappa shape index (κ1) is 24.6. The van der Waals surface area contributed by atoms with Crippen molar-refractivity contribution in [3.8, 4) is 0 Å². The molecule has 0 aliphatic heterocycles. The molecule has 4 nitrogen and oxygen atoms in total. The fraction of sp³-hybridized carbons (Fsp3) is 0.391. The molecule has 0 aliphatic rings. The van der Waals surface area contributed by atoms with Crippen molar-refractivity contribution in [1.29, 1.82) is 0 Å². The molecular formula is C23H28Cl2N2O2S. The number of nitrogens with one attached hydrogen (secondary N) is 1. The molecule has 1 N–H and O–H groups in total. The molecule has 0 saturated heterocycles. The van der Waals surface area contributed by atoms with E-state index in [-0.39, 0.29) is 24.4 Å². The van der Waals surface area contributed by atoms with Gasteiger partial charge in [0.05, 0.1) is 10.0 Å². The maximum absolute atomic E-state index is 13.0. The SMILES string of the molecule is Cc1ccc(SCCC(=O)N(Cc2ccc(Cl)c(Cl)c2)C(C)C(=O)NC(C)C)cc1. The summed E-state index contributed by atoms with van der Waals surface area (Å²) in [6, 6.07) is 12.9. The van der Waals surface area contributed by atoms with Crippen LogP contribution in [0, 0.1) is 6.92 Å². The Hall–Kier alpha value is -1.69. The van der Waals surface area contributed by atoms with Gasteiger partial charge in [-0.05, 0) is 57.5 Å². The van der Waals surface area contributed by atoms with E-state index in [1.54, 1.807) is 35.7 Å². The molecule has 7 heteroatoms. The average Bonchev–Trinajstić information content (AvgIpc) is 2.69. The predicted octanol–water partition coefficient (Wildman–Crippen LogP) is 5.73. The summed E-state index contributed by atoms with van der Waals surface area (Å²) in [7, 11) is 0. The van der Waals surface area contributed by atoms with Crippen LogP contribution in [0.3, 0.4) is 0 Å². The number of nitrogens with zero attached hydrogens (tertiary/aromatic N) is 1. The summed E-state index contributed by atoms with van der Waals surface area (Å²) in [5, 5.41) is 3.77. The maximum atomic E-state index is 13.0. The van der Waals surface area contributed by atoms with Gasteiger partial charge in [-0.3, -0.25) is 9.59 Å². The molecule has 0 radical (unpaired) electrons. The van der Waals surface area contributed by atoms with E-state index in [1.165, 1.54) is 5.56 Å². The van der Waals surface area contributed by atoms with E-state index >= 15 is 0 Å². The summed E-state index contributed by atoms with van der Waals surface area (Å²) >= 11 is 13.8. The van der Waals surface area contributed by atoms with E-state index in [2.05, 4.69) is 29.6 Å². The quantitative estimate of drug-likeness (QED) is 0.480. The first-order chi connectivity index (χ1) is 14.2. The lowest BCUT2D eigenvalue weighted by atomic mass is 10.1. The summed E-state index contributed by atoms with van der Waals surface area (Å²) in [6.45, 7) is 7.88. The van der Waals surface area contributed by atoms with Crippen molar-refractivity contribution in [2.24, 2.45) is 0 Å². The van der Waals surface area contributed by atoms with Gasteiger partial charge in [0, 0.05) is 29.7 Å². The smallest absolute Gasteiger partial charge is 0.242 e. The Balaban J connectivity index is 2.09. The molecule has 0 spiro atoms. The van der Waals surface area contributed by atoms with Crippen LogP contribution in [-0.2, 0) is 16.1 Å². The Morgan fingerprint density at radius 3 is 2.30 bits per heavy atom. The molecule has 0 heterocycles. The third-order valence-corrected chi connectivity index (χ3v) is 6.29. The maximum Gasteiger partial charge on any atom is 0.242 e. The molecule has 30 heavy (non-hydrogen) atoms. The van der Waals surface area contributed by atoms with Gasteiger partial charge in [0.25, 0.3) is 0 Å². The Morgan fingerprint density at radius 1 is 1.03 bits per heavy atom. The Bertz CT molecular complexity index is 872. The second-order valence-corrected chi connectivity index (χ2v) is 9.50. The highest BCUT2D eigenvalue weighted by molar-refractivity contribution is 7.99. The highest BCUT2D eigenvalue weighted by atomic mass is 35.5. The fourth-order valence-electron chi connectivity index (χ4n) is 2.86. The van der Waals surface area contributed by atoms with E-state index < -0.39 is 6.04 Å². The van der Waals surface area contributed by atoms with E-state index in [0.717, 1.165) is 10.5 Å². The van der Waals surface area contributed by atoms with Crippen molar-refractivity contribution >= 4 is 46.8 Å². The lowest BCUT2D eigenvalue weighted by Crippen LogP contribution is -2.49. The van der Waals surface area contributed by atoms with Crippen molar-refractivity contribution in [2.75, 3.05) is 5.75 Å². The monoisotopic (exact) mass is 466 g/mol. The summed E-state index contributed by atoms with van der Waals surface area (Å²) in [6.07, 6.45) is 0.333. The zero-order valence-corrected chi connectivity index (χ0v) is 20.1.